The van der Waals surface area contributed by atoms with E-state index in [1.165, 1.54) is 24.3 Å². The molecule has 2 aromatic rings. The number of anilines is 1. The van der Waals surface area contributed by atoms with E-state index in [-0.39, 0.29) is 4.90 Å². The molecule has 0 aliphatic rings. The van der Waals surface area contributed by atoms with Gasteiger partial charge in [-0.05, 0) is 30.3 Å². The average molecular weight is 241 g/mol. The largest absolute Gasteiger partial charge is 0.399 e. The number of nitrogens with one attached hydrogen (secondary N) is 1. The Morgan fingerprint density at radius 2 is 1.88 bits per heavy atom. The third kappa shape index (κ3) is 4.11. The number of aromatic amines is 1. The molecule has 0 aliphatic heterocycles. The van der Waals surface area contributed by atoms with E-state index in [0.29, 0.717) is 5.69 Å². The summed E-state index contributed by atoms with van der Waals surface area (Å²) in [4.78, 5) is -0.147. The molecule has 1 heterocycles. The molecule has 16 heavy (non-hydrogen) atoms. The number of H-pyrrole nitrogens is 1. The minimum Gasteiger partial charge on any atom is -0.399 e. The van der Waals surface area contributed by atoms with Crippen molar-refractivity contribution in [1.82, 2.24) is 10.2 Å². The van der Waals surface area contributed by atoms with Crippen LogP contribution in [0.4, 0.5) is 5.69 Å². The molecule has 7 heteroatoms. The highest BCUT2D eigenvalue weighted by molar-refractivity contribution is 7.85. The van der Waals surface area contributed by atoms with Gasteiger partial charge >= 0.3 is 0 Å². The van der Waals surface area contributed by atoms with Crippen molar-refractivity contribution in [3.8, 4) is 0 Å². The molecule has 0 saturated carbocycles. The average Bonchev–Trinajstić information content (AvgIpc) is 2.74. The second-order valence-corrected chi connectivity index (χ2v) is 4.23. The van der Waals surface area contributed by atoms with Gasteiger partial charge in [0.25, 0.3) is 10.1 Å². The maximum Gasteiger partial charge on any atom is 0.294 e. The predicted molar refractivity (Wildman–Crippen MR) is 59.3 cm³/mol. The molecular formula is C9H11N3O3S. The van der Waals surface area contributed by atoms with Gasteiger partial charge in [-0.3, -0.25) is 9.65 Å². The van der Waals surface area contributed by atoms with E-state index in [1.807, 2.05) is 6.07 Å². The van der Waals surface area contributed by atoms with E-state index in [1.54, 1.807) is 12.4 Å². The summed E-state index contributed by atoms with van der Waals surface area (Å²) in [5.41, 5.74) is 5.75. The molecule has 2 rings (SSSR count). The lowest BCUT2D eigenvalue weighted by molar-refractivity contribution is 0.483. The molecule has 0 unspecified atom stereocenters. The Morgan fingerprint density at radius 3 is 2.19 bits per heavy atom. The fourth-order valence-corrected chi connectivity index (χ4v) is 1.33. The number of nitrogens with zero attached hydrogens (tertiary/aromatic N) is 1. The summed E-state index contributed by atoms with van der Waals surface area (Å²) < 4.78 is 29.4. The minimum absolute atomic E-state index is 0.147. The molecule has 0 fully saturated rings. The minimum atomic E-state index is -4.08. The van der Waals surface area contributed by atoms with Gasteiger partial charge in [-0.1, -0.05) is 0 Å². The molecule has 0 saturated heterocycles. The highest BCUT2D eigenvalue weighted by Gasteiger charge is 2.06. The van der Waals surface area contributed by atoms with Gasteiger partial charge in [-0.2, -0.15) is 13.5 Å². The van der Waals surface area contributed by atoms with Crippen LogP contribution in [0.25, 0.3) is 0 Å². The standard InChI is InChI=1S/C6H7NO3S.C3H4N2/c7-5-1-3-6(4-2-5)11(8,9)10;1-2-4-5-3-1/h1-4H,7H2,(H,8,9,10);1-3H,(H,4,5). The maximum atomic E-state index is 10.5. The number of rotatable bonds is 1. The Kier molecular flexibility index (Phi) is 4.03. The van der Waals surface area contributed by atoms with Crippen LogP contribution < -0.4 is 5.73 Å². The summed E-state index contributed by atoms with van der Waals surface area (Å²) in [5, 5.41) is 6.21. The second-order valence-electron chi connectivity index (χ2n) is 2.81. The van der Waals surface area contributed by atoms with Crippen molar-refractivity contribution in [2.24, 2.45) is 0 Å². The number of hydrogen-bond donors (Lipinski definition) is 3. The van der Waals surface area contributed by atoms with E-state index >= 15 is 0 Å². The Bertz CT molecular complexity index is 488. The Labute approximate surface area is 92.9 Å². The van der Waals surface area contributed by atoms with Gasteiger partial charge in [0.05, 0.1) is 4.90 Å². The maximum absolute atomic E-state index is 10.5. The van der Waals surface area contributed by atoms with Crippen LogP contribution in [0.5, 0.6) is 0 Å². The van der Waals surface area contributed by atoms with Gasteiger partial charge < -0.3 is 5.73 Å². The molecule has 4 N–H and O–H groups in total. The first kappa shape index (κ1) is 12.2. The van der Waals surface area contributed by atoms with Gasteiger partial charge in [-0.25, -0.2) is 0 Å². The van der Waals surface area contributed by atoms with Crippen LogP contribution in [-0.2, 0) is 10.1 Å². The van der Waals surface area contributed by atoms with Crippen molar-refractivity contribution in [1.29, 1.82) is 0 Å². The molecule has 0 spiro atoms. The van der Waals surface area contributed by atoms with Crippen molar-refractivity contribution < 1.29 is 13.0 Å². The molecular weight excluding hydrogens is 230 g/mol. The summed E-state index contributed by atoms with van der Waals surface area (Å²) in [5.74, 6) is 0. The Hall–Kier alpha value is -1.86. The van der Waals surface area contributed by atoms with E-state index < -0.39 is 10.1 Å². The number of nitrogen functional groups attached to an aromatic ring is 1. The van der Waals surface area contributed by atoms with E-state index in [9.17, 15) is 8.42 Å². The monoisotopic (exact) mass is 241 g/mol. The lowest BCUT2D eigenvalue weighted by atomic mass is 10.3. The quantitative estimate of drug-likeness (QED) is 0.508. The first-order valence-electron chi connectivity index (χ1n) is 4.27. The summed E-state index contributed by atoms with van der Waals surface area (Å²) in [6.07, 6.45) is 3.46. The fourth-order valence-electron chi connectivity index (χ4n) is 0.855. The van der Waals surface area contributed by atoms with Gasteiger partial charge in [-0.15, -0.1) is 0 Å². The zero-order valence-electron chi connectivity index (χ0n) is 8.24. The van der Waals surface area contributed by atoms with Gasteiger partial charge in [0.1, 0.15) is 0 Å². The zero-order chi connectivity index (χ0) is 12.0. The lowest BCUT2D eigenvalue weighted by Gasteiger charge is -1.95. The van der Waals surface area contributed by atoms with Gasteiger partial charge in [0.2, 0.25) is 0 Å². The molecule has 1 aromatic carbocycles. The van der Waals surface area contributed by atoms with Crippen LogP contribution in [0, 0.1) is 0 Å². The first-order chi connectivity index (χ1) is 7.50. The van der Waals surface area contributed by atoms with Crippen LogP contribution in [0.2, 0.25) is 0 Å². The Balaban J connectivity index is 0.000000212. The first-order valence-corrected chi connectivity index (χ1v) is 5.71. The fraction of sp³-hybridized carbons (Fsp3) is 0. The molecule has 0 atom stereocenters. The Morgan fingerprint density at radius 1 is 1.25 bits per heavy atom. The number of hydrogen-bond acceptors (Lipinski definition) is 4. The highest BCUT2D eigenvalue weighted by Crippen LogP contribution is 2.10. The zero-order valence-corrected chi connectivity index (χ0v) is 9.05. The molecule has 0 amide bonds. The summed E-state index contributed by atoms with van der Waals surface area (Å²) in [6, 6.07) is 7.13. The topological polar surface area (TPSA) is 109 Å². The van der Waals surface area contributed by atoms with Gasteiger partial charge in [0, 0.05) is 18.1 Å². The highest BCUT2D eigenvalue weighted by atomic mass is 32.2. The third-order valence-electron chi connectivity index (χ3n) is 1.58. The number of nitrogens with two attached hydrogens (primary N) is 1. The van der Waals surface area contributed by atoms with Crippen LogP contribution in [0.1, 0.15) is 0 Å². The van der Waals surface area contributed by atoms with Crippen molar-refractivity contribution in [2.75, 3.05) is 5.73 Å². The normalized spacial score (nSPS) is 10.3. The van der Waals surface area contributed by atoms with Crippen LogP contribution in [0.15, 0.2) is 47.6 Å². The molecule has 6 nitrogen and oxygen atoms in total. The molecule has 1 aromatic heterocycles. The van der Waals surface area contributed by atoms with Crippen molar-refractivity contribution in [2.45, 2.75) is 4.90 Å². The van der Waals surface area contributed by atoms with Crippen LogP contribution in [0.3, 0.4) is 0 Å². The van der Waals surface area contributed by atoms with Crippen molar-refractivity contribution in [3.05, 3.63) is 42.7 Å². The SMILES string of the molecule is Nc1ccc(S(=O)(=O)O)cc1.c1cn[nH]c1. The van der Waals surface area contributed by atoms with E-state index in [4.69, 9.17) is 10.3 Å². The molecule has 0 bridgehead atoms. The smallest absolute Gasteiger partial charge is 0.294 e. The van der Waals surface area contributed by atoms with E-state index in [2.05, 4.69) is 10.2 Å². The predicted octanol–water partition coefficient (Wildman–Crippen LogP) is 0.925. The summed E-state index contributed by atoms with van der Waals surface area (Å²) in [7, 11) is -4.08. The molecule has 86 valence electrons. The molecule has 0 radical (unpaired) electrons. The lowest BCUT2D eigenvalue weighted by Crippen LogP contribution is -1.97. The van der Waals surface area contributed by atoms with Crippen molar-refractivity contribution in [3.63, 3.8) is 0 Å². The number of benzene rings is 1. The summed E-state index contributed by atoms with van der Waals surface area (Å²) in [6.45, 7) is 0. The van der Waals surface area contributed by atoms with Gasteiger partial charge in [0.15, 0.2) is 0 Å². The third-order valence-corrected chi connectivity index (χ3v) is 2.45. The number of aromatic nitrogens is 2. The summed E-state index contributed by atoms with van der Waals surface area (Å²) >= 11 is 0. The second kappa shape index (κ2) is 5.29. The van der Waals surface area contributed by atoms with Crippen LogP contribution in [-0.4, -0.2) is 23.2 Å². The van der Waals surface area contributed by atoms with E-state index in [0.717, 1.165) is 0 Å². The molecule has 0 aliphatic carbocycles. The van der Waals surface area contributed by atoms with Crippen LogP contribution >= 0.6 is 0 Å². The van der Waals surface area contributed by atoms with Crippen molar-refractivity contribution >= 4 is 15.8 Å².